The van der Waals surface area contributed by atoms with E-state index in [-0.39, 0.29) is 5.57 Å². The molecule has 0 saturated heterocycles. The van der Waals surface area contributed by atoms with Crippen molar-refractivity contribution < 1.29 is 14.3 Å². The van der Waals surface area contributed by atoms with Gasteiger partial charge < -0.3 is 14.8 Å². The molecular formula is C30H26N2O3. The summed E-state index contributed by atoms with van der Waals surface area (Å²) in [5.74, 6) is 0.660. The zero-order valence-corrected chi connectivity index (χ0v) is 20.0. The number of hydrogen-bond acceptors (Lipinski definition) is 4. The van der Waals surface area contributed by atoms with E-state index in [1.807, 2.05) is 62.4 Å². The molecular weight excluding hydrogens is 436 g/mol. The van der Waals surface area contributed by atoms with Crippen LogP contribution in [0.25, 0.3) is 16.8 Å². The van der Waals surface area contributed by atoms with Crippen LogP contribution in [-0.4, -0.2) is 13.0 Å². The summed E-state index contributed by atoms with van der Waals surface area (Å²) in [6, 6.07) is 27.3. The van der Waals surface area contributed by atoms with Gasteiger partial charge in [-0.05, 0) is 60.0 Å². The fraction of sp³-hybridized carbons (Fsp3) is 0.133. The van der Waals surface area contributed by atoms with Crippen molar-refractivity contribution in [3.8, 4) is 17.6 Å². The second-order valence-corrected chi connectivity index (χ2v) is 8.27. The number of amides is 1. The number of aryl methyl sites for hydroxylation is 2. The second-order valence-electron chi connectivity index (χ2n) is 8.27. The van der Waals surface area contributed by atoms with Gasteiger partial charge in [0.05, 0.1) is 7.11 Å². The molecule has 174 valence electrons. The Morgan fingerprint density at radius 2 is 1.80 bits per heavy atom. The van der Waals surface area contributed by atoms with Crippen LogP contribution in [0.1, 0.15) is 22.3 Å². The highest BCUT2D eigenvalue weighted by molar-refractivity contribution is 6.10. The first-order valence-electron chi connectivity index (χ1n) is 11.3. The Labute approximate surface area is 205 Å². The Balaban J connectivity index is 1.62. The number of anilines is 1. The lowest BCUT2D eigenvalue weighted by Crippen LogP contribution is -2.14. The first-order valence-corrected chi connectivity index (χ1v) is 11.3. The monoisotopic (exact) mass is 462 g/mol. The number of nitrogens with zero attached hydrogens (tertiary/aromatic N) is 1. The lowest BCUT2D eigenvalue weighted by Gasteiger charge is -2.13. The van der Waals surface area contributed by atoms with Crippen LogP contribution in [0, 0.1) is 25.2 Å². The van der Waals surface area contributed by atoms with Crippen molar-refractivity contribution in [2.45, 2.75) is 20.5 Å². The van der Waals surface area contributed by atoms with Gasteiger partial charge >= 0.3 is 0 Å². The largest absolute Gasteiger partial charge is 0.497 e. The van der Waals surface area contributed by atoms with Crippen LogP contribution < -0.4 is 14.8 Å². The van der Waals surface area contributed by atoms with Crippen molar-refractivity contribution in [2.24, 2.45) is 0 Å². The number of benzene rings is 4. The second kappa shape index (κ2) is 10.6. The van der Waals surface area contributed by atoms with E-state index in [9.17, 15) is 10.1 Å². The van der Waals surface area contributed by atoms with Gasteiger partial charge in [-0.15, -0.1) is 0 Å². The maximum atomic E-state index is 12.9. The summed E-state index contributed by atoms with van der Waals surface area (Å²) in [7, 11) is 1.58. The lowest BCUT2D eigenvalue weighted by molar-refractivity contribution is -0.112. The third-order valence-electron chi connectivity index (χ3n) is 5.78. The molecule has 0 aliphatic heterocycles. The lowest BCUT2D eigenvalue weighted by atomic mass is 10.1. The highest BCUT2D eigenvalue weighted by atomic mass is 16.5. The summed E-state index contributed by atoms with van der Waals surface area (Å²) in [4.78, 5) is 12.9. The molecule has 0 radical (unpaired) electrons. The van der Waals surface area contributed by atoms with Crippen molar-refractivity contribution in [2.75, 3.05) is 12.4 Å². The van der Waals surface area contributed by atoms with Gasteiger partial charge in [-0.25, -0.2) is 0 Å². The number of nitriles is 1. The number of hydrogen-bond donors (Lipinski definition) is 1. The van der Waals surface area contributed by atoms with E-state index >= 15 is 0 Å². The molecule has 0 spiro atoms. The molecule has 4 rings (SSSR count). The topological polar surface area (TPSA) is 71.3 Å². The predicted molar refractivity (Wildman–Crippen MR) is 139 cm³/mol. The molecule has 0 heterocycles. The molecule has 0 aliphatic rings. The number of methoxy groups -OCH3 is 1. The fourth-order valence-electron chi connectivity index (χ4n) is 3.91. The summed E-state index contributed by atoms with van der Waals surface area (Å²) in [5.41, 5.74) is 4.32. The molecule has 0 aromatic heterocycles. The van der Waals surface area contributed by atoms with Crippen LogP contribution in [-0.2, 0) is 11.4 Å². The minimum atomic E-state index is -0.477. The normalized spacial score (nSPS) is 11.1. The number of ether oxygens (including phenoxy) is 2. The molecule has 1 amide bonds. The molecule has 4 aromatic carbocycles. The van der Waals surface area contributed by atoms with Crippen molar-refractivity contribution in [3.05, 3.63) is 107 Å². The molecule has 35 heavy (non-hydrogen) atoms. The highest BCUT2D eigenvalue weighted by Crippen LogP contribution is 2.29. The molecule has 0 fully saturated rings. The third-order valence-corrected chi connectivity index (χ3v) is 5.78. The summed E-state index contributed by atoms with van der Waals surface area (Å²) in [5, 5.41) is 14.8. The Morgan fingerprint density at radius 3 is 2.57 bits per heavy atom. The number of rotatable bonds is 7. The maximum Gasteiger partial charge on any atom is 0.266 e. The predicted octanol–water partition coefficient (Wildman–Crippen LogP) is 6.59. The van der Waals surface area contributed by atoms with Gasteiger partial charge in [0.1, 0.15) is 29.7 Å². The summed E-state index contributed by atoms with van der Waals surface area (Å²) >= 11 is 0. The zero-order chi connectivity index (χ0) is 24.8. The zero-order valence-electron chi connectivity index (χ0n) is 20.0. The van der Waals surface area contributed by atoms with Gasteiger partial charge in [0, 0.05) is 17.3 Å². The maximum absolute atomic E-state index is 12.9. The minimum Gasteiger partial charge on any atom is -0.497 e. The average molecular weight is 463 g/mol. The fourth-order valence-corrected chi connectivity index (χ4v) is 3.91. The smallest absolute Gasteiger partial charge is 0.266 e. The van der Waals surface area contributed by atoms with E-state index in [1.54, 1.807) is 25.3 Å². The first-order chi connectivity index (χ1) is 17.0. The molecule has 0 unspecified atom stereocenters. The van der Waals surface area contributed by atoms with Crippen LogP contribution in [0.3, 0.4) is 0 Å². The highest BCUT2D eigenvalue weighted by Gasteiger charge is 2.14. The molecule has 0 atom stereocenters. The van der Waals surface area contributed by atoms with E-state index in [1.165, 1.54) is 6.08 Å². The van der Waals surface area contributed by atoms with E-state index in [0.29, 0.717) is 29.4 Å². The van der Waals surface area contributed by atoms with Gasteiger partial charge in [0.2, 0.25) is 0 Å². The summed E-state index contributed by atoms with van der Waals surface area (Å²) < 4.78 is 11.6. The number of carbonyl (C=O) groups is 1. The van der Waals surface area contributed by atoms with Gasteiger partial charge in [-0.2, -0.15) is 5.26 Å². The van der Waals surface area contributed by atoms with E-state index in [0.717, 1.165) is 27.5 Å². The Morgan fingerprint density at radius 1 is 1.00 bits per heavy atom. The third kappa shape index (κ3) is 5.51. The molecule has 0 aliphatic carbocycles. The molecule has 4 aromatic rings. The standard InChI is InChI=1S/C30H26N2O3/c1-20-11-14-28(21(2)15-20)32-30(33)25(18-31)16-23-12-13-26(34-3)17-29(23)35-19-24-9-6-8-22-7-4-5-10-27(22)24/h4-17H,19H2,1-3H3,(H,32,33)/b25-16+. The molecule has 0 bridgehead atoms. The Kier molecular flexibility index (Phi) is 7.13. The van der Waals surface area contributed by atoms with Crippen LogP contribution in [0.2, 0.25) is 0 Å². The summed E-state index contributed by atoms with van der Waals surface area (Å²) in [6.07, 6.45) is 1.54. The van der Waals surface area contributed by atoms with Gasteiger partial charge in [-0.3, -0.25) is 4.79 Å². The number of fused-ring (bicyclic) bond motifs is 1. The van der Waals surface area contributed by atoms with E-state index in [4.69, 9.17) is 9.47 Å². The summed E-state index contributed by atoms with van der Waals surface area (Å²) in [6.45, 7) is 4.23. The SMILES string of the molecule is COc1ccc(/C=C(\C#N)C(=O)Nc2ccc(C)cc2C)c(OCc2cccc3ccccc23)c1. The number of carbonyl (C=O) groups excluding carboxylic acids is 1. The molecule has 0 saturated carbocycles. The van der Waals surface area contributed by atoms with E-state index in [2.05, 4.69) is 23.5 Å². The Hall–Kier alpha value is -4.56. The van der Waals surface area contributed by atoms with Crippen molar-refractivity contribution in [1.82, 2.24) is 0 Å². The quantitative estimate of drug-likeness (QED) is 0.248. The van der Waals surface area contributed by atoms with Crippen LogP contribution in [0.4, 0.5) is 5.69 Å². The van der Waals surface area contributed by atoms with Crippen LogP contribution >= 0.6 is 0 Å². The van der Waals surface area contributed by atoms with E-state index < -0.39 is 5.91 Å². The van der Waals surface area contributed by atoms with Crippen LogP contribution in [0.5, 0.6) is 11.5 Å². The minimum absolute atomic E-state index is 0.0230. The Bertz CT molecular complexity index is 1460. The van der Waals surface area contributed by atoms with Crippen LogP contribution in [0.15, 0.2) is 84.4 Å². The molecule has 1 N–H and O–H groups in total. The molecule has 5 heteroatoms. The van der Waals surface area contributed by atoms with Crippen molar-refractivity contribution >= 4 is 28.4 Å². The first kappa shape index (κ1) is 23.6. The van der Waals surface area contributed by atoms with Crippen molar-refractivity contribution in [3.63, 3.8) is 0 Å². The molecule has 5 nitrogen and oxygen atoms in total. The van der Waals surface area contributed by atoms with Gasteiger partial charge in [-0.1, -0.05) is 60.2 Å². The van der Waals surface area contributed by atoms with Gasteiger partial charge in [0.25, 0.3) is 5.91 Å². The number of nitrogens with one attached hydrogen (secondary N) is 1. The van der Waals surface area contributed by atoms with Crippen molar-refractivity contribution in [1.29, 1.82) is 5.26 Å². The van der Waals surface area contributed by atoms with Gasteiger partial charge in [0.15, 0.2) is 0 Å². The average Bonchev–Trinajstić information content (AvgIpc) is 2.87.